The van der Waals surface area contributed by atoms with Crippen molar-refractivity contribution in [1.29, 1.82) is 0 Å². The summed E-state index contributed by atoms with van der Waals surface area (Å²) < 4.78 is 34.2. The minimum Gasteiger partial charge on any atom is -0.756 e. The third-order valence-corrected chi connectivity index (χ3v) is 16.1. The first-order valence-corrected chi connectivity index (χ1v) is 35.2. The van der Waals surface area contributed by atoms with Crippen LogP contribution in [-0.4, -0.2) is 70.0 Å². The van der Waals surface area contributed by atoms with E-state index in [-0.39, 0.29) is 32.0 Å². The molecule has 0 spiro atoms. The molecule has 0 heterocycles. The van der Waals surface area contributed by atoms with Crippen molar-refractivity contribution in [3.8, 4) is 0 Å². The number of esters is 2. The van der Waals surface area contributed by atoms with Crippen LogP contribution in [0.15, 0.2) is 36.5 Å². The van der Waals surface area contributed by atoms with E-state index in [0.717, 1.165) is 70.6 Å². The lowest BCUT2D eigenvalue weighted by Gasteiger charge is -2.28. The number of likely N-dealkylation sites (N-methyl/N-ethyl adjacent to an activating group) is 1. The Morgan fingerprint density at radius 3 is 1.03 bits per heavy atom. The predicted molar refractivity (Wildman–Crippen MR) is 333 cm³/mol. The van der Waals surface area contributed by atoms with Gasteiger partial charge >= 0.3 is 11.9 Å². The van der Waals surface area contributed by atoms with Crippen LogP contribution < -0.4 is 4.89 Å². The standard InChI is InChI=1S/C68H130NO8P/c1-6-8-10-12-14-16-18-20-22-24-26-28-29-30-31-32-33-34-35-36-37-38-39-41-42-44-46-48-50-52-54-56-58-60-67(70)74-64-66(65-76-78(72,73)75-63-62-69(3,4)5)77-68(71)61-59-57-55-53-51-49-47-45-43-40-27-25-23-21-19-17-15-13-11-9-7-2/h19,21,25,27,43,45,66H,6-18,20,22-24,26,28-42,44,46-65H2,1-5H3/b21-19-,27-25-,45-43-. The van der Waals surface area contributed by atoms with Crippen molar-refractivity contribution in [2.24, 2.45) is 0 Å². The summed E-state index contributed by atoms with van der Waals surface area (Å²) in [5.41, 5.74) is 0. The zero-order valence-corrected chi connectivity index (χ0v) is 53.3. The summed E-state index contributed by atoms with van der Waals surface area (Å²) in [4.78, 5) is 38.0. The molecule has 460 valence electrons. The molecule has 9 nitrogen and oxygen atoms in total. The number of phosphoric ester groups is 1. The number of nitrogens with zero attached hydrogens (tertiary/aromatic N) is 1. The maximum atomic E-state index is 12.8. The van der Waals surface area contributed by atoms with E-state index in [2.05, 4.69) is 50.3 Å². The maximum Gasteiger partial charge on any atom is 0.306 e. The zero-order chi connectivity index (χ0) is 57.0. The highest BCUT2D eigenvalue weighted by atomic mass is 31.2. The molecule has 0 bridgehead atoms. The quantitative estimate of drug-likeness (QED) is 0.0195. The number of carbonyl (C=O) groups is 2. The summed E-state index contributed by atoms with van der Waals surface area (Å²) in [6, 6.07) is 0. The molecule has 0 saturated heterocycles. The van der Waals surface area contributed by atoms with Gasteiger partial charge in [0.2, 0.25) is 0 Å². The van der Waals surface area contributed by atoms with Gasteiger partial charge in [-0.05, 0) is 51.4 Å². The lowest BCUT2D eigenvalue weighted by Crippen LogP contribution is -2.37. The highest BCUT2D eigenvalue weighted by molar-refractivity contribution is 7.45. The largest absolute Gasteiger partial charge is 0.756 e. The van der Waals surface area contributed by atoms with Crippen LogP contribution in [0.25, 0.3) is 0 Å². The fourth-order valence-corrected chi connectivity index (χ4v) is 10.7. The second-order valence-electron chi connectivity index (χ2n) is 24.2. The van der Waals surface area contributed by atoms with E-state index in [0.29, 0.717) is 17.4 Å². The summed E-state index contributed by atoms with van der Waals surface area (Å²) in [6.45, 7) is 4.27. The van der Waals surface area contributed by atoms with E-state index >= 15 is 0 Å². The molecule has 2 atom stereocenters. The van der Waals surface area contributed by atoms with Gasteiger partial charge in [0.25, 0.3) is 7.82 Å². The smallest absolute Gasteiger partial charge is 0.306 e. The Hall–Kier alpha value is -1.77. The Balaban J connectivity index is 4.00. The summed E-state index contributed by atoms with van der Waals surface area (Å²) in [5.74, 6) is -0.832. The van der Waals surface area contributed by atoms with Gasteiger partial charge in [-0.25, -0.2) is 0 Å². The highest BCUT2D eigenvalue weighted by Crippen LogP contribution is 2.38. The molecule has 0 N–H and O–H groups in total. The van der Waals surface area contributed by atoms with Gasteiger partial charge in [0.05, 0.1) is 27.7 Å². The van der Waals surface area contributed by atoms with Gasteiger partial charge in [-0.3, -0.25) is 14.2 Å². The Morgan fingerprint density at radius 1 is 0.397 bits per heavy atom. The third kappa shape index (κ3) is 63.4. The summed E-state index contributed by atoms with van der Waals surface area (Å²) in [7, 11) is 1.17. The Bertz CT molecular complexity index is 1410. The molecule has 0 fully saturated rings. The van der Waals surface area contributed by atoms with Crippen LogP contribution in [0.2, 0.25) is 0 Å². The first-order chi connectivity index (χ1) is 38.0. The second kappa shape index (κ2) is 59.8. The van der Waals surface area contributed by atoms with Crippen molar-refractivity contribution >= 4 is 19.8 Å². The average molecular weight is 1120 g/mol. The van der Waals surface area contributed by atoms with Crippen molar-refractivity contribution in [2.75, 3.05) is 47.5 Å². The summed E-state index contributed by atoms with van der Waals surface area (Å²) >= 11 is 0. The number of unbranched alkanes of at least 4 members (excludes halogenated alkanes) is 43. The molecular weight excluding hydrogens is 990 g/mol. The normalized spacial score (nSPS) is 13.4. The van der Waals surface area contributed by atoms with Crippen molar-refractivity contribution in [1.82, 2.24) is 0 Å². The molecule has 0 aromatic rings. The molecule has 0 aromatic carbocycles. The fourth-order valence-electron chi connectivity index (χ4n) is 9.96. The van der Waals surface area contributed by atoms with Gasteiger partial charge in [0.15, 0.2) is 6.10 Å². The molecule has 0 aliphatic rings. The van der Waals surface area contributed by atoms with Crippen LogP contribution in [0.4, 0.5) is 0 Å². The number of phosphoric acid groups is 1. The average Bonchev–Trinajstić information content (AvgIpc) is 3.41. The van der Waals surface area contributed by atoms with Crippen LogP contribution in [0.1, 0.15) is 335 Å². The Labute approximate surface area is 484 Å². The van der Waals surface area contributed by atoms with Crippen LogP contribution in [-0.2, 0) is 32.7 Å². The van der Waals surface area contributed by atoms with Gasteiger partial charge in [-0.2, -0.15) is 0 Å². The number of quaternary nitrogens is 1. The number of carbonyl (C=O) groups excluding carboxylic acids is 2. The Morgan fingerprint density at radius 2 is 0.692 bits per heavy atom. The van der Waals surface area contributed by atoms with Crippen molar-refractivity contribution < 1.29 is 42.1 Å². The number of allylic oxidation sites excluding steroid dienone is 6. The van der Waals surface area contributed by atoms with Crippen LogP contribution in [0.3, 0.4) is 0 Å². The van der Waals surface area contributed by atoms with Crippen LogP contribution >= 0.6 is 7.82 Å². The van der Waals surface area contributed by atoms with E-state index in [4.69, 9.17) is 18.5 Å². The molecule has 0 aliphatic heterocycles. The molecule has 0 radical (unpaired) electrons. The second-order valence-corrected chi connectivity index (χ2v) is 25.6. The summed E-state index contributed by atoms with van der Waals surface area (Å²) in [5, 5.41) is 0. The third-order valence-electron chi connectivity index (χ3n) is 15.2. The molecule has 2 unspecified atom stereocenters. The van der Waals surface area contributed by atoms with E-state index < -0.39 is 26.5 Å². The molecule has 0 rings (SSSR count). The van der Waals surface area contributed by atoms with E-state index in [1.807, 2.05) is 21.1 Å². The molecule has 0 amide bonds. The number of hydrogen-bond acceptors (Lipinski definition) is 8. The van der Waals surface area contributed by atoms with Gasteiger partial charge in [0.1, 0.15) is 19.8 Å². The van der Waals surface area contributed by atoms with Crippen LogP contribution in [0, 0.1) is 0 Å². The lowest BCUT2D eigenvalue weighted by atomic mass is 10.0. The highest BCUT2D eigenvalue weighted by Gasteiger charge is 2.22. The van der Waals surface area contributed by atoms with Crippen molar-refractivity contribution in [2.45, 2.75) is 341 Å². The molecule has 10 heteroatoms. The van der Waals surface area contributed by atoms with E-state index in [9.17, 15) is 19.0 Å². The van der Waals surface area contributed by atoms with Gasteiger partial charge < -0.3 is 27.9 Å². The number of hydrogen-bond donors (Lipinski definition) is 0. The maximum absolute atomic E-state index is 12.8. The van der Waals surface area contributed by atoms with Gasteiger partial charge in [0, 0.05) is 12.8 Å². The first-order valence-electron chi connectivity index (χ1n) is 33.7. The van der Waals surface area contributed by atoms with E-state index in [1.54, 1.807) is 0 Å². The van der Waals surface area contributed by atoms with E-state index in [1.165, 1.54) is 231 Å². The minimum absolute atomic E-state index is 0.0323. The monoisotopic (exact) mass is 1120 g/mol. The fraction of sp³-hybridized carbons (Fsp3) is 0.882. The van der Waals surface area contributed by atoms with Crippen molar-refractivity contribution in [3.05, 3.63) is 36.5 Å². The zero-order valence-electron chi connectivity index (χ0n) is 52.4. The molecule has 0 aromatic heterocycles. The summed E-state index contributed by atoms with van der Waals surface area (Å²) in [6.07, 6.45) is 75.2. The molecular formula is C68H130NO8P. The van der Waals surface area contributed by atoms with Crippen LogP contribution in [0.5, 0.6) is 0 Å². The van der Waals surface area contributed by atoms with Gasteiger partial charge in [-0.15, -0.1) is 0 Å². The lowest BCUT2D eigenvalue weighted by molar-refractivity contribution is -0.870. The predicted octanol–water partition coefficient (Wildman–Crippen LogP) is 20.9. The first kappa shape index (κ1) is 76.2. The number of ether oxygens (including phenoxy) is 2. The minimum atomic E-state index is -4.64. The molecule has 0 saturated carbocycles. The SMILES string of the molecule is CCCCCCC/C=C\C/C=C\C/C=C\CCCCCCCCC(=O)OC(COC(=O)CCCCCCCCCCCCCCCCCCCCCCCCCCCCCCCCCCC)COP(=O)([O-])OCC[N+](C)(C)C. The molecule has 78 heavy (non-hydrogen) atoms. The van der Waals surface area contributed by atoms with Crippen molar-refractivity contribution in [3.63, 3.8) is 0 Å². The van der Waals surface area contributed by atoms with Gasteiger partial charge in [-0.1, -0.05) is 307 Å². The molecule has 0 aliphatic carbocycles. The topological polar surface area (TPSA) is 111 Å². The number of rotatable bonds is 63. The Kier molecular flexibility index (Phi) is 58.5.